The van der Waals surface area contributed by atoms with Crippen molar-refractivity contribution in [1.29, 1.82) is 0 Å². The largest absolute Gasteiger partial charge is 0.573 e. The van der Waals surface area contributed by atoms with Gasteiger partial charge in [0.15, 0.2) is 11.6 Å². The lowest BCUT2D eigenvalue weighted by atomic mass is 10.1. The van der Waals surface area contributed by atoms with Crippen LogP contribution in [0.3, 0.4) is 0 Å². The van der Waals surface area contributed by atoms with E-state index in [1.54, 1.807) is 0 Å². The van der Waals surface area contributed by atoms with Crippen LogP contribution in [0.15, 0.2) is 18.5 Å². The van der Waals surface area contributed by atoms with Crippen LogP contribution >= 0.6 is 0 Å². The van der Waals surface area contributed by atoms with Crippen LogP contribution in [-0.4, -0.2) is 76.1 Å². The van der Waals surface area contributed by atoms with Crippen molar-refractivity contribution in [3.05, 3.63) is 24.3 Å². The summed E-state index contributed by atoms with van der Waals surface area (Å²) in [7, 11) is 0. The third-order valence-corrected chi connectivity index (χ3v) is 8.95. The van der Waals surface area contributed by atoms with Crippen LogP contribution in [0, 0.1) is 17.8 Å². The number of rotatable bonds is 7. The molecule has 0 spiro atoms. The Kier molecular flexibility index (Phi) is 4.57. The molecule has 0 aromatic carbocycles. The van der Waals surface area contributed by atoms with Crippen molar-refractivity contribution in [1.82, 2.24) is 24.3 Å². The minimum Gasteiger partial charge on any atom is -0.402 e. The van der Waals surface area contributed by atoms with E-state index in [4.69, 9.17) is 10.7 Å². The fourth-order valence-corrected chi connectivity index (χ4v) is 7.20. The van der Waals surface area contributed by atoms with Crippen molar-refractivity contribution in [2.75, 3.05) is 45.1 Å². The summed E-state index contributed by atoms with van der Waals surface area (Å²) in [5.41, 5.74) is 6.84. The summed E-state index contributed by atoms with van der Waals surface area (Å²) in [6, 6.07) is 1.84. The van der Waals surface area contributed by atoms with Gasteiger partial charge in [0.1, 0.15) is 12.5 Å². The normalized spacial score (nSPS) is 34.2. The lowest BCUT2D eigenvalue weighted by molar-refractivity contribution is -0.274. The van der Waals surface area contributed by atoms with Gasteiger partial charge in [-0.2, -0.15) is 0 Å². The van der Waals surface area contributed by atoms with Gasteiger partial charge in [-0.1, -0.05) is 0 Å². The smallest absolute Gasteiger partial charge is 0.402 e. The van der Waals surface area contributed by atoms with E-state index in [1.807, 2.05) is 6.20 Å². The zero-order valence-electron chi connectivity index (χ0n) is 19.2. The molecular weight excluding hydrogens is 464 g/mol. The molecule has 8 rings (SSSR count). The molecule has 2 N–H and O–H groups in total. The van der Waals surface area contributed by atoms with Gasteiger partial charge in [0.2, 0.25) is 0 Å². The topological polar surface area (TPSA) is 72.4 Å². The minimum atomic E-state index is -4.84. The van der Waals surface area contributed by atoms with Crippen molar-refractivity contribution in [2.24, 2.45) is 17.8 Å². The van der Waals surface area contributed by atoms with E-state index in [9.17, 15) is 17.6 Å². The zero-order valence-corrected chi connectivity index (χ0v) is 19.2. The Labute approximate surface area is 200 Å². The number of nitrogen functional groups attached to an aromatic ring is 1. The first-order valence-corrected chi connectivity index (χ1v) is 12.4. The average molecular weight is 493 g/mol. The lowest BCUT2D eigenvalue weighted by Gasteiger charge is -2.38. The Morgan fingerprint density at radius 1 is 1.14 bits per heavy atom. The van der Waals surface area contributed by atoms with Gasteiger partial charge < -0.3 is 15.0 Å². The van der Waals surface area contributed by atoms with Gasteiger partial charge in [0.25, 0.3) is 0 Å². The summed E-state index contributed by atoms with van der Waals surface area (Å²) < 4.78 is 57.6. The number of ether oxygens (including phenoxy) is 1. The molecule has 5 saturated carbocycles. The van der Waals surface area contributed by atoms with Gasteiger partial charge in [0.05, 0.1) is 11.2 Å². The number of hydrogen-bond acceptors (Lipinski definition) is 6. The Morgan fingerprint density at radius 3 is 2.57 bits per heavy atom. The molecule has 2 aromatic heterocycles. The van der Waals surface area contributed by atoms with Crippen LogP contribution in [0.5, 0.6) is 5.75 Å². The highest BCUT2D eigenvalue weighted by molar-refractivity contribution is 5.64. The van der Waals surface area contributed by atoms with Crippen molar-refractivity contribution >= 4 is 5.82 Å². The van der Waals surface area contributed by atoms with Gasteiger partial charge in [0, 0.05) is 68.6 Å². The quantitative estimate of drug-likeness (QED) is 0.599. The highest BCUT2D eigenvalue weighted by atomic mass is 19.4. The first kappa shape index (κ1) is 21.8. The average Bonchev–Trinajstić information content (AvgIpc) is 3.76. The number of nitrogens with zero attached hydrogens (tertiary/aromatic N) is 5. The van der Waals surface area contributed by atoms with E-state index in [0.717, 1.165) is 44.8 Å². The van der Waals surface area contributed by atoms with Crippen LogP contribution in [-0.2, 0) is 5.54 Å². The molecule has 6 aliphatic rings. The molecule has 2 aromatic rings. The molecule has 188 valence electrons. The molecule has 11 heteroatoms. The Morgan fingerprint density at radius 2 is 1.91 bits per heavy atom. The zero-order chi connectivity index (χ0) is 24.1. The van der Waals surface area contributed by atoms with Crippen molar-refractivity contribution in [3.63, 3.8) is 0 Å². The Hall–Kier alpha value is -2.40. The van der Waals surface area contributed by atoms with Crippen LogP contribution in [0.2, 0.25) is 0 Å². The summed E-state index contributed by atoms with van der Waals surface area (Å²) in [6.45, 7) is 4.05. The second-order valence-electron chi connectivity index (χ2n) is 10.7. The number of pyridine rings is 1. The predicted octanol–water partition coefficient (Wildman–Crippen LogP) is 3.23. The summed E-state index contributed by atoms with van der Waals surface area (Å²) in [4.78, 5) is 13.6. The second kappa shape index (κ2) is 7.32. The molecule has 3 heterocycles. The van der Waals surface area contributed by atoms with Gasteiger partial charge in [-0.15, -0.1) is 13.2 Å². The van der Waals surface area contributed by atoms with Gasteiger partial charge in [-0.25, -0.2) is 14.4 Å². The SMILES string of the molecule is Nc1ncc(-c2cn([C@]34C5C(N6CCN(CCF)CC6)C[C@@H]3[C@H]54)c(C3CC3)n2)cc1OC(F)(F)F. The van der Waals surface area contributed by atoms with Crippen molar-refractivity contribution in [2.45, 2.75) is 43.1 Å². The number of fused-ring (bicyclic) bond motifs is 1. The third kappa shape index (κ3) is 3.30. The number of imidazole rings is 1. The predicted molar refractivity (Wildman–Crippen MR) is 119 cm³/mol. The van der Waals surface area contributed by atoms with Gasteiger partial charge in [-0.05, 0) is 37.2 Å². The molecule has 0 radical (unpaired) electrons. The first-order chi connectivity index (χ1) is 16.8. The maximum absolute atomic E-state index is 12.8. The second-order valence-corrected chi connectivity index (χ2v) is 10.7. The number of piperazine rings is 1. The molecule has 5 atom stereocenters. The Balaban J connectivity index is 1.14. The summed E-state index contributed by atoms with van der Waals surface area (Å²) >= 11 is 0. The van der Waals surface area contributed by atoms with Crippen molar-refractivity contribution in [3.8, 4) is 17.0 Å². The highest BCUT2D eigenvalue weighted by Crippen LogP contribution is 2.89. The summed E-state index contributed by atoms with van der Waals surface area (Å²) in [5.74, 6) is 2.59. The van der Waals surface area contributed by atoms with E-state index in [0.29, 0.717) is 47.5 Å². The van der Waals surface area contributed by atoms with Crippen LogP contribution in [0.4, 0.5) is 23.4 Å². The van der Waals surface area contributed by atoms with Crippen LogP contribution in [0.1, 0.15) is 31.0 Å². The van der Waals surface area contributed by atoms with E-state index in [2.05, 4.69) is 24.1 Å². The van der Waals surface area contributed by atoms with Gasteiger partial charge >= 0.3 is 6.36 Å². The van der Waals surface area contributed by atoms with Crippen LogP contribution < -0.4 is 10.5 Å². The van der Waals surface area contributed by atoms with E-state index in [-0.39, 0.29) is 18.0 Å². The summed E-state index contributed by atoms with van der Waals surface area (Å²) in [6.07, 6.45) is 2.01. The van der Waals surface area contributed by atoms with E-state index < -0.39 is 12.1 Å². The van der Waals surface area contributed by atoms with Crippen LogP contribution in [0.25, 0.3) is 11.3 Å². The van der Waals surface area contributed by atoms with E-state index in [1.165, 1.54) is 18.7 Å². The molecule has 35 heavy (non-hydrogen) atoms. The maximum atomic E-state index is 12.8. The lowest BCUT2D eigenvalue weighted by Crippen LogP contribution is -2.50. The molecule has 7 nitrogen and oxygen atoms in total. The third-order valence-electron chi connectivity index (χ3n) is 8.95. The molecule has 1 aliphatic heterocycles. The fraction of sp³-hybridized carbons (Fsp3) is 0.667. The Bertz CT molecular complexity index is 1150. The number of hydrogen-bond donors (Lipinski definition) is 1. The number of aromatic nitrogens is 3. The monoisotopic (exact) mass is 492 g/mol. The molecular formula is C24H28F4N6O. The number of nitrogens with two attached hydrogens (primary N) is 1. The van der Waals surface area contributed by atoms with E-state index >= 15 is 0 Å². The fourth-order valence-electron chi connectivity index (χ4n) is 7.20. The molecule has 5 aliphatic carbocycles. The van der Waals surface area contributed by atoms with Gasteiger partial charge in [-0.3, -0.25) is 9.80 Å². The van der Waals surface area contributed by atoms with Crippen molar-refractivity contribution < 1.29 is 22.3 Å². The minimum absolute atomic E-state index is 0.121. The first-order valence-electron chi connectivity index (χ1n) is 12.4. The molecule has 2 unspecified atom stereocenters. The number of halogens is 4. The maximum Gasteiger partial charge on any atom is 0.573 e. The summed E-state index contributed by atoms with van der Waals surface area (Å²) in [5, 5.41) is 0. The molecule has 1 saturated heterocycles. The molecule has 0 amide bonds. The highest BCUT2D eigenvalue weighted by Gasteiger charge is 2.94. The number of alkyl halides is 4. The molecule has 6 fully saturated rings. The number of anilines is 1. The molecule has 2 bridgehead atoms. The standard InChI is InChI=1S/C24H28F4N6O/c25-3-4-32-5-7-33(8-6-32)17-10-15-19-20(17)23(15,19)34-12-16(31-22(34)13-1-2-13)14-9-18(21(29)30-11-14)35-24(26,27)28/h9,11-13,15,17,19-20H,1-8,10H2,(H2,29,30)/t15-,17?,19-,20?,23-/m1/s1.